The first-order valence-corrected chi connectivity index (χ1v) is 5.31. The summed E-state index contributed by atoms with van der Waals surface area (Å²) in [5, 5.41) is 19.7. The van der Waals surface area contributed by atoms with Gasteiger partial charge in [0.2, 0.25) is 0 Å². The van der Waals surface area contributed by atoms with Crippen molar-refractivity contribution in [1.29, 1.82) is 0 Å². The van der Waals surface area contributed by atoms with Crippen molar-refractivity contribution in [3.05, 3.63) is 16.1 Å². The van der Waals surface area contributed by atoms with Gasteiger partial charge in [-0.2, -0.15) is 0 Å². The average Bonchev–Trinajstić information content (AvgIpc) is 2.60. The van der Waals surface area contributed by atoms with E-state index in [1.54, 1.807) is 0 Å². The number of aliphatic carboxylic acids is 2. The topological polar surface area (TPSA) is 87.5 Å². The Morgan fingerprint density at radius 2 is 2.07 bits per heavy atom. The van der Waals surface area contributed by atoms with Gasteiger partial charge in [0.05, 0.1) is 10.7 Å². The molecule has 0 bridgehead atoms. The van der Waals surface area contributed by atoms with Gasteiger partial charge in [-0.3, -0.25) is 9.59 Å². The highest BCUT2D eigenvalue weighted by atomic mass is 32.1. The molecule has 15 heavy (non-hydrogen) atoms. The summed E-state index contributed by atoms with van der Waals surface area (Å²) in [6, 6.07) is 0. The fourth-order valence-corrected chi connectivity index (χ4v) is 1.98. The summed E-state index contributed by atoms with van der Waals surface area (Å²) in [4.78, 5) is 25.4. The van der Waals surface area contributed by atoms with Crippen molar-refractivity contribution in [3.8, 4) is 0 Å². The van der Waals surface area contributed by atoms with Crippen LogP contribution in [0, 0.1) is 5.92 Å². The van der Waals surface area contributed by atoms with Gasteiger partial charge in [0.1, 0.15) is 0 Å². The van der Waals surface area contributed by atoms with Crippen molar-refractivity contribution in [3.63, 3.8) is 0 Å². The van der Waals surface area contributed by atoms with Gasteiger partial charge in [-0.25, -0.2) is 4.98 Å². The van der Waals surface area contributed by atoms with Crippen LogP contribution in [0.25, 0.3) is 0 Å². The van der Waals surface area contributed by atoms with Crippen molar-refractivity contribution < 1.29 is 19.8 Å². The predicted molar refractivity (Wildman–Crippen MR) is 54.0 cm³/mol. The van der Waals surface area contributed by atoms with Gasteiger partial charge in [0.25, 0.3) is 0 Å². The molecule has 82 valence electrons. The summed E-state index contributed by atoms with van der Waals surface area (Å²) < 4.78 is 0. The zero-order valence-electron chi connectivity index (χ0n) is 8.14. The van der Waals surface area contributed by atoms with E-state index in [0.29, 0.717) is 5.01 Å². The molecule has 0 fully saturated rings. The second kappa shape index (κ2) is 4.88. The Labute approximate surface area is 90.4 Å². The van der Waals surface area contributed by atoms with E-state index in [4.69, 9.17) is 10.2 Å². The Morgan fingerprint density at radius 1 is 1.47 bits per heavy atom. The number of thiazole rings is 1. The molecule has 0 radical (unpaired) electrons. The molecule has 1 aromatic rings. The van der Waals surface area contributed by atoms with Crippen LogP contribution in [-0.4, -0.2) is 27.1 Å². The molecule has 0 aliphatic heterocycles. The van der Waals surface area contributed by atoms with Crippen LogP contribution in [0.4, 0.5) is 0 Å². The first kappa shape index (κ1) is 11.6. The summed E-state index contributed by atoms with van der Waals surface area (Å²) in [7, 11) is 0. The van der Waals surface area contributed by atoms with E-state index in [2.05, 4.69) is 4.98 Å². The lowest BCUT2D eigenvalue weighted by Gasteiger charge is -2.03. The highest BCUT2D eigenvalue weighted by Gasteiger charge is 2.27. The maximum Gasteiger partial charge on any atom is 0.318 e. The zero-order valence-corrected chi connectivity index (χ0v) is 8.95. The van der Waals surface area contributed by atoms with Crippen LogP contribution in [0.5, 0.6) is 0 Å². The van der Waals surface area contributed by atoms with Gasteiger partial charge in [-0.15, -0.1) is 11.3 Å². The smallest absolute Gasteiger partial charge is 0.318 e. The van der Waals surface area contributed by atoms with Crippen LogP contribution >= 0.6 is 11.3 Å². The monoisotopic (exact) mass is 229 g/mol. The van der Waals surface area contributed by atoms with E-state index >= 15 is 0 Å². The first-order chi connectivity index (χ1) is 7.04. The Balaban J connectivity index is 2.74. The van der Waals surface area contributed by atoms with Gasteiger partial charge in [0.15, 0.2) is 5.92 Å². The molecule has 2 N–H and O–H groups in total. The largest absolute Gasteiger partial charge is 0.481 e. The average molecular weight is 229 g/mol. The lowest BCUT2D eigenvalue weighted by atomic mass is 10.1. The molecule has 0 saturated heterocycles. The van der Waals surface area contributed by atoms with Crippen molar-refractivity contribution in [2.45, 2.75) is 19.8 Å². The Bertz CT molecular complexity index is 360. The van der Waals surface area contributed by atoms with E-state index in [0.717, 1.165) is 12.1 Å². The minimum Gasteiger partial charge on any atom is -0.481 e. The van der Waals surface area contributed by atoms with Crippen LogP contribution in [0.15, 0.2) is 5.38 Å². The molecular formula is C9H11NO4S. The van der Waals surface area contributed by atoms with Crippen molar-refractivity contribution in [2.24, 2.45) is 5.92 Å². The second-order valence-corrected chi connectivity index (χ2v) is 3.96. The third-order valence-electron chi connectivity index (χ3n) is 1.94. The van der Waals surface area contributed by atoms with Crippen LogP contribution in [0.1, 0.15) is 17.6 Å². The Hall–Kier alpha value is -1.43. The second-order valence-electron chi connectivity index (χ2n) is 3.02. The van der Waals surface area contributed by atoms with Gasteiger partial charge >= 0.3 is 11.9 Å². The van der Waals surface area contributed by atoms with Gasteiger partial charge in [-0.05, 0) is 6.42 Å². The highest BCUT2D eigenvalue weighted by molar-refractivity contribution is 7.09. The lowest BCUT2D eigenvalue weighted by Crippen LogP contribution is -2.25. The molecule has 6 heteroatoms. The van der Waals surface area contributed by atoms with Crippen molar-refractivity contribution >= 4 is 23.3 Å². The number of nitrogens with zero attached hydrogens (tertiary/aromatic N) is 1. The molecule has 0 atom stereocenters. The van der Waals surface area contributed by atoms with Gasteiger partial charge < -0.3 is 10.2 Å². The molecule has 0 unspecified atom stereocenters. The maximum atomic E-state index is 10.6. The van der Waals surface area contributed by atoms with Gasteiger partial charge in [0, 0.05) is 11.8 Å². The third-order valence-corrected chi connectivity index (χ3v) is 2.86. The number of carboxylic acids is 2. The standard InChI is InChI=1S/C9H11NO4S/c1-2-5-4-15-7(10-5)3-6(8(11)12)9(13)14/h4,6H,2-3H2,1H3,(H,11,12)(H,13,14). The normalized spacial score (nSPS) is 10.5. The fourth-order valence-electron chi connectivity index (χ4n) is 1.06. The molecule has 1 heterocycles. The predicted octanol–water partition coefficient (Wildman–Crippen LogP) is 1.03. The van der Waals surface area contributed by atoms with Crippen LogP contribution < -0.4 is 0 Å². The van der Waals surface area contributed by atoms with E-state index < -0.39 is 17.9 Å². The molecule has 0 aromatic carbocycles. The van der Waals surface area contributed by atoms with Crippen molar-refractivity contribution in [1.82, 2.24) is 4.98 Å². The summed E-state index contributed by atoms with van der Waals surface area (Å²) in [6.07, 6.45) is 0.719. The summed E-state index contributed by atoms with van der Waals surface area (Å²) in [5.74, 6) is -4.05. The number of aryl methyl sites for hydroxylation is 1. The molecule has 5 nitrogen and oxygen atoms in total. The quantitative estimate of drug-likeness (QED) is 0.736. The summed E-state index contributed by atoms with van der Waals surface area (Å²) in [6.45, 7) is 1.94. The van der Waals surface area contributed by atoms with Gasteiger partial charge in [-0.1, -0.05) is 6.92 Å². The molecule has 1 aromatic heterocycles. The third kappa shape index (κ3) is 3.02. The van der Waals surface area contributed by atoms with E-state index in [-0.39, 0.29) is 6.42 Å². The Kier molecular flexibility index (Phi) is 3.79. The number of carbonyl (C=O) groups is 2. The molecule has 0 spiro atoms. The van der Waals surface area contributed by atoms with E-state index in [1.165, 1.54) is 11.3 Å². The fraction of sp³-hybridized carbons (Fsp3) is 0.444. The zero-order chi connectivity index (χ0) is 11.4. The number of hydrogen-bond acceptors (Lipinski definition) is 4. The number of rotatable bonds is 5. The highest BCUT2D eigenvalue weighted by Crippen LogP contribution is 2.15. The van der Waals surface area contributed by atoms with Crippen LogP contribution in [0.2, 0.25) is 0 Å². The number of aromatic nitrogens is 1. The SMILES string of the molecule is CCc1csc(CC(C(=O)O)C(=O)O)n1. The van der Waals surface area contributed by atoms with Crippen LogP contribution in [-0.2, 0) is 22.4 Å². The number of hydrogen-bond donors (Lipinski definition) is 2. The minimum absolute atomic E-state index is 0.0463. The first-order valence-electron chi connectivity index (χ1n) is 4.43. The molecule has 0 aliphatic carbocycles. The molecule has 1 rings (SSSR count). The maximum absolute atomic E-state index is 10.6. The van der Waals surface area contributed by atoms with Crippen molar-refractivity contribution in [2.75, 3.05) is 0 Å². The van der Waals surface area contributed by atoms with E-state index in [9.17, 15) is 9.59 Å². The molecule has 0 saturated carbocycles. The molecule has 0 amide bonds. The molecule has 0 aliphatic rings. The Morgan fingerprint density at radius 3 is 2.47 bits per heavy atom. The lowest BCUT2D eigenvalue weighted by molar-refractivity contribution is -0.154. The minimum atomic E-state index is -1.40. The van der Waals surface area contributed by atoms with E-state index in [1.807, 2.05) is 12.3 Å². The number of carboxylic acid groups (broad SMARTS) is 2. The molecular weight excluding hydrogens is 218 g/mol. The summed E-state index contributed by atoms with van der Waals surface area (Å²) >= 11 is 1.30. The van der Waals surface area contributed by atoms with Crippen LogP contribution in [0.3, 0.4) is 0 Å². The summed E-state index contributed by atoms with van der Waals surface area (Å²) in [5.41, 5.74) is 0.865.